The highest BCUT2D eigenvalue weighted by Gasteiger charge is 2.51. The molecule has 2 unspecified atom stereocenters. The minimum atomic E-state index is -5.86. The summed E-state index contributed by atoms with van der Waals surface area (Å²) in [6.45, 7) is 7.80. The Hall–Kier alpha value is -6.65. The molecule has 79 heavy (non-hydrogen) atoms. The molecule has 5 atom stereocenters. The van der Waals surface area contributed by atoms with Gasteiger partial charge in [0.2, 0.25) is 23.6 Å². The summed E-state index contributed by atoms with van der Waals surface area (Å²) >= 11 is 0.973. The van der Waals surface area contributed by atoms with Crippen molar-refractivity contribution in [2.24, 2.45) is 0 Å². The molecule has 20 heteroatoms. The van der Waals surface area contributed by atoms with Crippen molar-refractivity contribution in [1.29, 1.82) is 0 Å². The number of hydrogen-bond donors (Lipinski definition) is 4. The molecule has 4 aliphatic heterocycles. The Balaban J connectivity index is 0.873. The number of morpholine rings is 1. The van der Waals surface area contributed by atoms with E-state index in [1.807, 2.05) is 60.7 Å². The second kappa shape index (κ2) is 24.0. The summed E-state index contributed by atoms with van der Waals surface area (Å²) in [6.07, 6.45) is 3.67. The van der Waals surface area contributed by atoms with Crippen molar-refractivity contribution in [3.8, 4) is 11.8 Å². The lowest BCUT2D eigenvalue weighted by Crippen LogP contribution is -2.56. The molecule has 1 aromatic heterocycles. The molecule has 9 rings (SSSR count). The first kappa shape index (κ1) is 57.0. The number of likely N-dealkylation sites (tertiary alicyclic amines) is 1. The standard InChI is InChI=1S/C59H64F2N5O11PS/c1-58(2,3)41-21-19-37(20-22-41)30-46(62-54(69)51-32-40-31-42(23-25-50(40)79-51)59(60,61)78(73,74)75)56(71)65-34-43(33-48(65)57(72)64-27-29-77-49(36-64)39-15-10-8-11-16-39)76-28-12-7-5-4-6-9-14-38-17-13-18-44-45(38)35-66(55(44)70)47-24-26-52(67)63-53(47)68/h8,10-11,13,15-23,25,31-32,43,46-49H,4-7,12,24,26-30,33-36H2,1-3H3,(H,62,69)(H,63,67,68)(H2,73,74,75)/t43-,46?,47?,48-,49-/m0/s1. The van der Waals surface area contributed by atoms with Crippen LogP contribution >= 0.6 is 18.9 Å². The van der Waals surface area contributed by atoms with Crippen LogP contribution < -0.4 is 10.6 Å². The molecule has 6 amide bonds. The van der Waals surface area contributed by atoms with Crippen molar-refractivity contribution >= 4 is 64.5 Å². The summed E-state index contributed by atoms with van der Waals surface area (Å²) in [5.41, 5.74) is -0.788. The lowest BCUT2D eigenvalue weighted by Gasteiger charge is -2.37. The Morgan fingerprint density at radius 2 is 1.67 bits per heavy atom. The van der Waals surface area contributed by atoms with Crippen LogP contribution in [0.5, 0.6) is 0 Å². The van der Waals surface area contributed by atoms with Crippen molar-refractivity contribution in [2.75, 3.05) is 32.8 Å². The number of piperidine rings is 1. The molecule has 0 spiro atoms. The first-order valence-electron chi connectivity index (χ1n) is 26.7. The van der Waals surface area contributed by atoms with E-state index >= 15 is 4.79 Å². The number of nitrogens with zero attached hydrogens (tertiary/aromatic N) is 3. The van der Waals surface area contributed by atoms with Gasteiger partial charge >= 0.3 is 13.3 Å². The van der Waals surface area contributed by atoms with Gasteiger partial charge in [-0.2, -0.15) is 8.78 Å². The lowest BCUT2D eigenvalue weighted by atomic mass is 9.86. The SMILES string of the molecule is CC(C)(C)c1ccc(CC(NC(=O)c2cc3cc(C(F)(F)P(=O)(O)O)ccc3s2)C(=O)N2C[C@@H](OCCCCCCC#Cc3cccc4c3CN(C3CCC(=O)NC3=O)C4=O)C[C@H]2C(=O)N2CCO[C@H](c3ccccc3)C2)cc1. The van der Waals surface area contributed by atoms with Crippen LogP contribution in [0, 0.1) is 11.8 Å². The molecule has 5 heterocycles. The third-order valence-corrected chi connectivity index (χ3v) is 17.2. The maximum Gasteiger partial charge on any atom is 0.399 e. The molecule has 4 aromatic carbocycles. The summed E-state index contributed by atoms with van der Waals surface area (Å²) in [5, 5.41) is 5.40. The van der Waals surface area contributed by atoms with Crippen LogP contribution in [0.25, 0.3) is 10.1 Å². The predicted molar refractivity (Wildman–Crippen MR) is 292 cm³/mol. The van der Waals surface area contributed by atoms with Crippen LogP contribution in [0.1, 0.15) is 132 Å². The zero-order chi connectivity index (χ0) is 56.2. The van der Waals surface area contributed by atoms with Crippen LogP contribution in [-0.4, -0.2) is 117 Å². The van der Waals surface area contributed by atoms with E-state index in [9.17, 15) is 47.1 Å². The number of ether oxygens (including phenoxy) is 2. The summed E-state index contributed by atoms with van der Waals surface area (Å²) in [7, 11) is -5.86. The van der Waals surface area contributed by atoms with E-state index in [1.54, 1.807) is 17.0 Å². The molecule has 4 N–H and O–H groups in total. The minimum Gasteiger partial charge on any atom is -0.376 e. The zero-order valence-electron chi connectivity index (χ0n) is 44.3. The van der Waals surface area contributed by atoms with Gasteiger partial charge in [-0.1, -0.05) is 112 Å². The second-order valence-electron chi connectivity index (χ2n) is 21.6. The first-order chi connectivity index (χ1) is 37.7. The molecule has 16 nitrogen and oxygen atoms in total. The highest BCUT2D eigenvalue weighted by molar-refractivity contribution is 7.52. The average molecular weight is 1120 g/mol. The van der Waals surface area contributed by atoms with Crippen molar-refractivity contribution < 1.29 is 61.4 Å². The summed E-state index contributed by atoms with van der Waals surface area (Å²) < 4.78 is 54.1. The number of halogens is 2. The molecule has 0 saturated carbocycles. The summed E-state index contributed by atoms with van der Waals surface area (Å²) in [6, 6.07) is 24.3. The maximum absolute atomic E-state index is 15.2. The molecule has 0 radical (unpaired) electrons. The number of nitrogens with one attached hydrogen (secondary N) is 2. The molecule has 3 fully saturated rings. The number of amides is 6. The highest BCUT2D eigenvalue weighted by atomic mass is 32.1. The molecule has 3 saturated heterocycles. The van der Waals surface area contributed by atoms with Gasteiger partial charge < -0.3 is 39.3 Å². The fourth-order valence-electron chi connectivity index (χ4n) is 10.6. The zero-order valence-corrected chi connectivity index (χ0v) is 46.0. The van der Waals surface area contributed by atoms with Crippen molar-refractivity contribution in [1.82, 2.24) is 25.3 Å². The Morgan fingerprint density at radius 3 is 2.41 bits per heavy atom. The van der Waals surface area contributed by atoms with Crippen molar-refractivity contribution in [2.45, 2.75) is 127 Å². The Labute approximate surface area is 461 Å². The van der Waals surface area contributed by atoms with Crippen LogP contribution in [0.15, 0.2) is 97.1 Å². The van der Waals surface area contributed by atoms with E-state index in [0.717, 1.165) is 70.5 Å². The molecular formula is C59H64F2N5O11PS. The Bertz CT molecular complexity index is 3240. The van der Waals surface area contributed by atoms with Gasteiger partial charge in [-0.25, -0.2) is 0 Å². The monoisotopic (exact) mass is 1120 g/mol. The first-order valence-corrected chi connectivity index (χ1v) is 29.1. The van der Waals surface area contributed by atoms with E-state index in [-0.39, 0.29) is 91.4 Å². The topological polar surface area (TPSA) is 212 Å². The van der Waals surface area contributed by atoms with Gasteiger partial charge in [0.1, 0.15) is 24.2 Å². The molecular weight excluding hydrogens is 1060 g/mol. The minimum absolute atomic E-state index is 0.0515. The maximum atomic E-state index is 15.2. The Morgan fingerprint density at radius 1 is 0.924 bits per heavy atom. The van der Waals surface area contributed by atoms with Crippen LogP contribution in [0.4, 0.5) is 8.78 Å². The van der Waals surface area contributed by atoms with Crippen LogP contribution in [-0.2, 0) is 57.3 Å². The van der Waals surface area contributed by atoms with Gasteiger partial charge in [-0.3, -0.25) is 38.6 Å². The number of alkyl halides is 2. The lowest BCUT2D eigenvalue weighted by molar-refractivity contribution is -0.149. The van der Waals surface area contributed by atoms with E-state index < -0.39 is 60.8 Å². The number of fused-ring (bicyclic) bond motifs is 2. The molecule has 4 aliphatic rings. The van der Waals surface area contributed by atoms with Gasteiger partial charge in [0, 0.05) is 73.3 Å². The van der Waals surface area contributed by atoms with E-state index in [2.05, 4.69) is 43.2 Å². The van der Waals surface area contributed by atoms with Crippen molar-refractivity contribution in [3.05, 3.63) is 141 Å². The fourth-order valence-corrected chi connectivity index (χ4v) is 12.0. The molecule has 0 bridgehead atoms. The molecule has 5 aromatic rings. The Kier molecular flexibility index (Phi) is 17.3. The van der Waals surface area contributed by atoms with Gasteiger partial charge in [0.25, 0.3) is 11.8 Å². The van der Waals surface area contributed by atoms with Crippen LogP contribution in [0.3, 0.4) is 0 Å². The number of thiophene rings is 1. The predicted octanol–water partition coefficient (Wildman–Crippen LogP) is 8.12. The van der Waals surface area contributed by atoms with Gasteiger partial charge in [0.15, 0.2) is 0 Å². The average Bonchev–Trinajstić information content (AvgIpc) is 4.15. The smallest absolute Gasteiger partial charge is 0.376 e. The normalized spacial score (nSPS) is 20.2. The quantitative estimate of drug-likeness (QED) is 0.0302. The number of unbranched alkanes of at least 4 members (excludes halogenated alkanes) is 4. The third kappa shape index (κ3) is 13.0. The van der Waals surface area contributed by atoms with Gasteiger partial charge in [-0.05, 0) is 82.6 Å². The molecule has 416 valence electrons. The third-order valence-electron chi connectivity index (χ3n) is 15.1. The number of imide groups is 1. The number of rotatable bonds is 17. The van der Waals surface area contributed by atoms with Gasteiger partial charge in [-0.15, -0.1) is 11.3 Å². The summed E-state index contributed by atoms with van der Waals surface area (Å²) in [5.74, 6) is 3.97. The van der Waals surface area contributed by atoms with E-state index in [1.165, 1.54) is 21.9 Å². The van der Waals surface area contributed by atoms with Gasteiger partial charge in [0.05, 0.1) is 24.1 Å². The largest absolute Gasteiger partial charge is 0.399 e. The van der Waals surface area contributed by atoms with E-state index in [4.69, 9.17) is 9.47 Å². The number of hydrogen-bond acceptors (Lipinski definition) is 10. The fraction of sp³-hybridized carbons (Fsp3) is 0.424. The highest BCUT2D eigenvalue weighted by Crippen LogP contribution is 2.59. The van der Waals surface area contributed by atoms with Crippen molar-refractivity contribution in [3.63, 3.8) is 0 Å². The molecule has 0 aliphatic carbocycles. The number of carbonyl (C=O) groups excluding carboxylic acids is 6. The van der Waals surface area contributed by atoms with E-state index in [0.29, 0.717) is 36.3 Å². The summed E-state index contributed by atoms with van der Waals surface area (Å²) in [4.78, 5) is 105. The van der Waals surface area contributed by atoms with Crippen LogP contribution in [0.2, 0.25) is 0 Å². The second-order valence-corrected chi connectivity index (χ2v) is 24.3. The number of carbonyl (C=O) groups is 6. The number of benzene rings is 4.